The highest BCUT2D eigenvalue weighted by molar-refractivity contribution is 6.07. The van der Waals surface area contributed by atoms with Crippen molar-refractivity contribution in [3.8, 4) is 0 Å². The lowest BCUT2D eigenvalue weighted by Crippen LogP contribution is -2.40. The van der Waals surface area contributed by atoms with Gasteiger partial charge in [0.25, 0.3) is 5.91 Å². The van der Waals surface area contributed by atoms with Gasteiger partial charge in [0.2, 0.25) is 0 Å². The van der Waals surface area contributed by atoms with E-state index in [9.17, 15) is 9.59 Å². The van der Waals surface area contributed by atoms with Crippen molar-refractivity contribution >= 4 is 11.9 Å². The molecule has 1 aliphatic rings. The van der Waals surface area contributed by atoms with Crippen LogP contribution in [0, 0.1) is 0 Å². The first kappa shape index (κ1) is 14.3. The molecule has 1 fully saturated rings. The summed E-state index contributed by atoms with van der Waals surface area (Å²) in [5.41, 5.74) is 1.06. The fourth-order valence-corrected chi connectivity index (χ4v) is 2.48. The van der Waals surface area contributed by atoms with E-state index in [2.05, 4.69) is 18.8 Å². The summed E-state index contributed by atoms with van der Waals surface area (Å²) in [5.74, 6) is -0.231. The second kappa shape index (κ2) is 5.49. The smallest absolute Gasteiger partial charge is 0.319 e. The van der Waals surface area contributed by atoms with Gasteiger partial charge in [-0.1, -0.05) is 43.7 Å². The number of rotatable bonds is 5. The molecular formula is C16H20N2O2. The number of benzene rings is 1. The molecule has 0 aromatic heterocycles. The van der Waals surface area contributed by atoms with Gasteiger partial charge in [0.1, 0.15) is 5.54 Å². The van der Waals surface area contributed by atoms with Crippen molar-refractivity contribution in [2.24, 2.45) is 0 Å². The fraction of sp³-hybridized carbons (Fsp3) is 0.375. The van der Waals surface area contributed by atoms with Crippen LogP contribution < -0.4 is 5.32 Å². The zero-order chi connectivity index (χ0) is 14.8. The van der Waals surface area contributed by atoms with Crippen LogP contribution in [-0.4, -0.2) is 23.4 Å². The Bertz CT molecular complexity index is 536. The highest BCUT2D eigenvalue weighted by Crippen LogP contribution is 2.29. The maximum atomic E-state index is 12.4. The number of hydrogen-bond donors (Lipinski definition) is 1. The van der Waals surface area contributed by atoms with Crippen LogP contribution in [0.15, 0.2) is 36.9 Å². The lowest BCUT2D eigenvalue weighted by atomic mass is 9.91. The molecule has 1 N–H and O–H groups in total. The van der Waals surface area contributed by atoms with Crippen molar-refractivity contribution in [3.63, 3.8) is 0 Å². The third-order valence-electron chi connectivity index (χ3n) is 3.66. The van der Waals surface area contributed by atoms with E-state index < -0.39 is 5.54 Å². The summed E-state index contributed by atoms with van der Waals surface area (Å²) >= 11 is 0. The van der Waals surface area contributed by atoms with E-state index in [4.69, 9.17) is 0 Å². The normalized spacial score (nSPS) is 22.0. The number of carbonyl (C=O) groups is 2. The van der Waals surface area contributed by atoms with Crippen LogP contribution >= 0.6 is 0 Å². The van der Waals surface area contributed by atoms with E-state index in [1.165, 1.54) is 10.5 Å². The summed E-state index contributed by atoms with van der Waals surface area (Å²) in [7, 11) is 0. The van der Waals surface area contributed by atoms with Gasteiger partial charge in [-0.05, 0) is 24.5 Å². The number of hydrogen-bond acceptors (Lipinski definition) is 2. The minimum atomic E-state index is -0.981. The van der Waals surface area contributed by atoms with E-state index >= 15 is 0 Å². The molecule has 0 radical (unpaired) electrons. The van der Waals surface area contributed by atoms with E-state index in [0.29, 0.717) is 0 Å². The third kappa shape index (κ3) is 2.33. The van der Waals surface area contributed by atoms with Crippen LogP contribution in [0.3, 0.4) is 0 Å². The van der Waals surface area contributed by atoms with Gasteiger partial charge in [-0.3, -0.25) is 9.69 Å². The molecule has 1 heterocycles. The SMILES string of the molecule is C=CCN1C(=O)NC(C)(c2ccc(CCC)cc2)C1=O. The first-order valence-electron chi connectivity index (χ1n) is 6.87. The van der Waals surface area contributed by atoms with E-state index in [0.717, 1.165) is 18.4 Å². The highest BCUT2D eigenvalue weighted by atomic mass is 16.2. The van der Waals surface area contributed by atoms with Gasteiger partial charge in [0.15, 0.2) is 0 Å². The van der Waals surface area contributed by atoms with Crippen LogP contribution in [0.1, 0.15) is 31.4 Å². The zero-order valence-electron chi connectivity index (χ0n) is 12.0. The Morgan fingerprint density at radius 1 is 1.30 bits per heavy atom. The van der Waals surface area contributed by atoms with E-state index in [-0.39, 0.29) is 18.5 Å². The minimum absolute atomic E-state index is 0.230. The van der Waals surface area contributed by atoms with Crippen molar-refractivity contribution in [2.75, 3.05) is 6.54 Å². The molecule has 106 valence electrons. The van der Waals surface area contributed by atoms with Gasteiger partial charge in [-0.15, -0.1) is 6.58 Å². The second-order valence-corrected chi connectivity index (χ2v) is 5.21. The number of nitrogens with one attached hydrogen (secondary N) is 1. The van der Waals surface area contributed by atoms with E-state index in [1.54, 1.807) is 13.0 Å². The molecule has 1 aromatic rings. The first-order valence-corrected chi connectivity index (χ1v) is 6.87. The lowest BCUT2D eigenvalue weighted by molar-refractivity contribution is -0.130. The fourth-order valence-electron chi connectivity index (χ4n) is 2.48. The van der Waals surface area contributed by atoms with Crippen LogP contribution in [0.5, 0.6) is 0 Å². The molecule has 20 heavy (non-hydrogen) atoms. The van der Waals surface area contributed by atoms with Crippen molar-refractivity contribution < 1.29 is 9.59 Å². The summed E-state index contributed by atoms with van der Waals surface area (Å²) in [6.07, 6.45) is 3.65. The Kier molecular flexibility index (Phi) is 3.93. The summed E-state index contributed by atoms with van der Waals surface area (Å²) < 4.78 is 0. The van der Waals surface area contributed by atoms with Crippen LogP contribution in [-0.2, 0) is 16.8 Å². The number of carbonyl (C=O) groups excluding carboxylic acids is 2. The molecule has 1 aromatic carbocycles. The summed E-state index contributed by atoms with van der Waals surface area (Å²) in [6, 6.07) is 7.50. The number of urea groups is 1. The predicted octanol–water partition coefficient (Wildman–Crippen LogP) is 2.59. The summed E-state index contributed by atoms with van der Waals surface area (Å²) in [4.78, 5) is 25.5. The molecular weight excluding hydrogens is 252 g/mol. The molecule has 1 atom stereocenters. The lowest BCUT2D eigenvalue weighted by Gasteiger charge is -2.22. The average Bonchev–Trinajstić information content (AvgIpc) is 2.65. The summed E-state index contributed by atoms with van der Waals surface area (Å²) in [6.45, 7) is 7.67. The largest absolute Gasteiger partial charge is 0.325 e. The number of aryl methyl sites for hydroxylation is 1. The van der Waals surface area contributed by atoms with Crippen LogP contribution in [0.25, 0.3) is 0 Å². The number of imide groups is 1. The molecule has 0 aliphatic carbocycles. The van der Waals surface area contributed by atoms with Crippen molar-refractivity contribution in [2.45, 2.75) is 32.2 Å². The molecule has 4 nitrogen and oxygen atoms in total. The Morgan fingerprint density at radius 3 is 2.50 bits per heavy atom. The van der Waals surface area contributed by atoms with Crippen molar-refractivity contribution in [3.05, 3.63) is 48.0 Å². The second-order valence-electron chi connectivity index (χ2n) is 5.21. The Morgan fingerprint density at radius 2 is 1.95 bits per heavy atom. The van der Waals surface area contributed by atoms with Gasteiger partial charge < -0.3 is 5.32 Å². The Labute approximate surface area is 119 Å². The maximum absolute atomic E-state index is 12.4. The number of nitrogens with zero attached hydrogens (tertiary/aromatic N) is 1. The molecule has 1 saturated heterocycles. The number of amides is 3. The monoisotopic (exact) mass is 272 g/mol. The van der Waals surface area contributed by atoms with Gasteiger partial charge >= 0.3 is 6.03 Å². The van der Waals surface area contributed by atoms with Gasteiger partial charge in [0.05, 0.1) is 0 Å². The molecule has 1 unspecified atom stereocenters. The topological polar surface area (TPSA) is 49.4 Å². The molecule has 0 saturated carbocycles. The molecule has 4 heteroatoms. The van der Waals surface area contributed by atoms with Crippen LogP contribution in [0.2, 0.25) is 0 Å². The van der Waals surface area contributed by atoms with Crippen molar-refractivity contribution in [1.82, 2.24) is 10.2 Å². The molecule has 0 spiro atoms. The van der Waals surface area contributed by atoms with Gasteiger partial charge in [0, 0.05) is 6.54 Å². The van der Waals surface area contributed by atoms with E-state index in [1.807, 2.05) is 24.3 Å². The highest BCUT2D eigenvalue weighted by Gasteiger charge is 2.48. The summed E-state index contributed by atoms with van der Waals surface area (Å²) in [5, 5.41) is 2.77. The Hall–Kier alpha value is -2.10. The predicted molar refractivity (Wildman–Crippen MR) is 78.2 cm³/mol. The Balaban J connectivity index is 2.29. The molecule has 2 rings (SSSR count). The maximum Gasteiger partial charge on any atom is 0.325 e. The molecule has 3 amide bonds. The third-order valence-corrected chi connectivity index (χ3v) is 3.66. The van der Waals surface area contributed by atoms with Gasteiger partial charge in [-0.2, -0.15) is 0 Å². The standard InChI is InChI=1S/C16H20N2O2/c1-4-6-12-7-9-13(10-8-12)16(3)14(19)18(11-5-2)15(20)17-16/h5,7-10H,2,4,6,11H2,1,3H3,(H,17,20). The molecule has 0 bridgehead atoms. The van der Waals surface area contributed by atoms with Crippen LogP contribution in [0.4, 0.5) is 4.79 Å². The van der Waals surface area contributed by atoms with Crippen molar-refractivity contribution in [1.29, 1.82) is 0 Å². The minimum Gasteiger partial charge on any atom is -0.319 e. The van der Waals surface area contributed by atoms with Gasteiger partial charge in [-0.25, -0.2) is 4.79 Å². The molecule has 1 aliphatic heterocycles. The average molecular weight is 272 g/mol. The zero-order valence-corrected chi connectivity index (χ0v) is 12.0. The first-order chi connectivity index (χ1) is 9.52. The quantitative estimate of drug-likeness (QED) is 0.661.